The van der Waals surface area contributed by atoms with Crippen molar-refractivity contribution in [1.82, 2.24) is 30.2 Å². The summed E-state index contributed by atoms with van der Waals surface area (Å²) in [4.78, 5) is 55.5. The second-order valence-corrected chi connectivity index (χ2v) is 17.4. The number of hydrogen-bond donors (Lipinski definition) is 8. The minimum atomic E-state index is -5.25. The number of aliphatic hydroxyl groups excluding tert-OH is 2. The van der Waals surface area contributed by atoms with Gasteiger partial charge in [0.05, 0.1) is 27.2 Å². The van der Waals surface area contributed by atoms with Crippen molar-refractivity contribution in [2.45, 2.75) is 43.2 Å². The summed E-state index contributed by atoms with van der Waals surface area (Å²) in [5, 5.41) is 38.2. The largest absolute Gasteiger partial charge is 0.506 e. The van der Waals surface area contributed by atoms with E-state index in [-0.39, 0.29) is 42.2 Å². The highest BCUT2D eigenvalue weighted by Crippen LogP contribution is 2.40. The van der Waals surface area contributed by atoms with Crippen LogP contribution in [0.3, 0.4) is 0 Å². The van der Waals surface area contributed by atoms with Gasteiger partial charge in [0.25, 0.3) is 0 Å². The monoisotopic (exact) mass is 1240 g/mol. The zero-order chi connectivity index (χ0) is 40.4. The first kappa shape index (κ1) is 44.1. The molecule has 0 aliphatic carbocycles. The number of aromatic hydroxyl groups is 1. The molecule has 4 aromatic rings. The van der Waals surface area contributed by atoms with Gasteiger partial charge < -0.3 is 50.5 Å². The molecule has 2 aromatic heterocycles. The Labute approximate surface area is 362 Å². The van der Waals surface area contributed by atoms with Crippen LogP contribution in [0.15, 0.2) is 36.9 Å². The fourth-order valence-electron chi connectivity index (χ4n) is 5.16. The first-order chi connectivity index (χ1) is 25.7. The van der Waals surface area contributed by atoms with Gasteiger partial charge in [0, 0.05) is 19.5 Å². The lowest BCUT2D eigenvalue weighted by molar-refractivity contribution is -0.174. The number of benzene rings is 2. The molecule has 1 aliphatic rings. The third-order valence-electron chi connectivity index (χ3n) is 7.68. The number of aromatic nitrogens is 4. The molecule has 0 saturated carbocycles. The first-order valence-corrected chi connectivity index (χ1v) is 21.2. The average Bonchev–Trinajstić information content (AvgIpc) is 3.65. The maximum Gasteiger partial charge on any atom is 0.471 e. The number of rotatable bonds is 14. The SMILES string of the molecule is O=C(NCCNc1ncnc2c1ncn2[C@@H]1O[C@H](COP(=O)(O)O)[C@@H](O)[C@H]1O)[C@H](Cc1cc(I)c(Oc2cc(I)c(O)c(I)c2)c(I)c1)NC(=O)C(F)(F)F. The number of phenolic OH excluding ortho intramolecular Hbond substituents is 1. The topological polar surface area (TPSA) is 260 Å². The Morgan fingerprint density at radius 1 is 0.982 bits per heavy atom. The van der Waals surface area contributed by atoms with Crippen molar-refractivity contribution in [3.63, 3.8) is 0 Å². The van der Waals surface area contributed by atoms with E-state index in [4.69, 9.17) is 19.3 Å². The number of halogens is 7. The summed E-state index contributed by atoms with van der Waals surface area (Å²) < 4.78 is 70.4. The molecule has 5 rings (SSSR count). The van der Waals surface area contributed by atoms with Crippen LogP contribution < -0.4 is 20.7 Å². The van der Waals surface area contributed by atoms with Crippen molar-refractivity contribution in [1.29, 1.82) is 0 Å². The summed E-state index contributed by atoms with van der Waals surface area (Å²) in [6.07, 6.45) is -8.91. The van der Waals surface area contributed by atoms with Crippen LogP contribution in [0, 0.1) is 14.3 Å². The van der Waals surface area contributed by atoms with Gasteiger partial charge in [-0.05, 0) is 120 Å². The number of phosphoric ester groups is 1. The zero-order valence-corrected chi connectivity index (χ0v) is 36.8. The summed E-state index contributed by atoms with van der Waals surface area (Å²) in [7, 11) is -4.89. The van der Waals surface area contributed by atoms with Crippen molar-refractivity contribution in [2.24, 2.45) is 0 Å². The Morgan fingerprint density at radius 3 is 2.25 bits per heavy atom. The third-order valence-corrected chi connectivity index (χ3v) is 11.4. The number of amides is 2. The van der Waals surface area contributed by atoms with Crippen LogP contribution >= 0.6 is 98.2 Å². The van der Waals surface area contributed by atoms with Crippen LogP contribution in [0.25, 0.3) is 11.2 Å². The summed E-state index contributed by atoms with van der Waals surface area (Å²) in [6.45, 7) is -0.890. The Morgan fingerprint density at radius 2 is 1.64 bits per heavy atom. The summed E-state index contributed by atoms with van der Waals surface area (Å²) in [5.41, 5.74) is 0.716. The normalized spacial score (nSPS) is 19.3. The number of ether oxygens (including phenoxy) is 2. The lowest BCUT2D eigenvalue weighted by atomic mass is 10.0. The van der Waals surface area contributed by atoms with Crippen LogP contribution in [-0.2, 0) is 29.8 Å². The number of phosphoric acid groups is 1. The molecule has 55 heavy (non-hydrogen) atoms. The molecule has 5 atom stereocenters. The number of aliphatic hydroxyl groups is 2. The number of fused-ring (bicyclic) bond motifs is 1. The molecule has 1 saturated heterocycles. The molecular weight excluding hydrogens is 1220 g/mol. The molecule has 8 N–H and O–H groups in total. The van der Waals surface area contributed by atoms with Crippen LogP contribution in [0.1, 0.15) is 11.8 Å². The molecule has 2 amide bonds. The molecule has 18 nitrogen and oxygen atoms in total. The highest BCUT2D eigenvalue weighted by molar-refractivity contribution is 14.1. The van der Waals surface area contributed by atoms with Gasteiger partial charge in [-0.2, -0.15) is 13.2 Å². The van der Waals surface area contributed by atoms with E-state index in [1.807, 2.05) is 90.4 Å². The third kappa shape index (κ3) is 11.2. The molecule has 1 aliphatic heterocycles. The smallest absolute Gasteiger partial charge is 0.471 e. The number of nitrogens with zero attached hydrogens (tertiary/aromatic N) is 4. The predicted octanol–water partition coefficient (Wildman–Crippen LogP) is 3.29. The van der Waals surface area contributed by atoms with Gasteiger partial charge in [-0.25, -0.2) is 19.5 Å². The van der Waals surface area contributed by atoms with Crippen LogP contribution in [0.4, 0.5) is 19.0 Å². The number of imidazole rings is 1. The van der Waals surface area contributed by atoms with Gasteiger partial charge in [-0.1, -0.05) is 0 Å². The maximum atomic E-state index is 13.3. The van der Waals surface area contributed by atoms with E-state index in [0.717, 1.165) is 6.33 Å². The van der Waals surface area contributed by atoms with Crippen molar-refractivity contribution >= 4 is 127 Å². The molecular formula is C29H27F3I4N7O11P. The second kappa shape index (κ2) is 18.3. The van der Waals surface area contributed by atoms with Crippen molar-refractivity contribution in [2.75, 3.05) is 25.0 Å². The number of alkyl halides is 3. The number of nitrogens with one attached hydrogen (secondary N) is 3. The zero-order valence-electron chi connectivity index (χ0n) is 27.2. The van der Waals surface area contributed by atoms with Gasteiger partial charge in [-0.3, -0.25) is 18.7 Å². The molecule has 2 aromatic carbocycles. The average molecular weight is 1250 g/mol. The minimum Gasteiger partial charge on any atom is -0.506 e. The van der Waals surface area contributed by atoms with Crippen LogP contribution in [0.2, 0.25) is 0 Å². The van der Waals surface area contributed by atoms with Crippen molar-refractivity contribution < 1.29 is 66.4 Å². The quantitative estimate of drug-likeness (QED) is 0.0512. The van der Waals surface area contributed by atoms with Gasteiger partial charge in [0.1, 0.15) is 42.2 Å². The van der Waals surface area contributed by atoms with E-state index in [2.05, 4.69) is 30.1 Å². The predicted molar refractivity (Wildman–Crippen MR) is 218 cm³/mol. The van der Waals surface area contributed by atoms with Gasteiger partial charge >= 0.3 is 19.9 Å². The van der Waals surface area contributed by atoms with E-state index < -0.39 is 63.0 Å². The first-order valence-electron chi connectivity index (χ1n) is 15.4. The Bertz CT molecular complexity index is 2080. The van der Waals surface area contributed by atoms with E-state index >= 15 is 0 Å². The van der Waals surface area contributed by atoms with E-state index in [0.29, 0.717) is 31.3 Å². The molecule has 298 valence electrons. The molecule has 1 fully saturated rings. The molecule has 0 unspecified atom stereocenters. The summed E-state index contributed by atoms with van der Waals surface area (Å²) in [6, 6.07) is 4.87. The fraction of sp³-hybridized carbons (Fsp3) is 0.345. The van der Waals surface area contributed by atoms with E-state index in [1.165, 1.54) is 10.9 Å². The minimum absolute atomic E-state index is 0.0231. The van der Waals surface area contributed by atoms with Crippen LogP contribution in [-0.4, -0.2) is 107 Å². The lowest BCUT2D eigenvalue weighted by Crippen LogP contribution is -2.52. The number of anilines is 1. The number of carbonyl (C=O) groups is 2. The maximum absolute atomic E-state index is 13.3. The number of phenols is 1. The highest BCUT2D eigenvalue weighted by Gasteiger charge is 2.45. The number of carbonyl (C=O) groups excluding carboxylic acids is 2. The molecule has 0 bridgehead atoms. The number of hydrogen-bond acceptors (Lipinski definition) is 13. The molecule has 3 heterocycles. The molecule has 26 heteroatoms. The van der Waals surface area contributed by atoms with Crippen molar-refractivity contribution in [3.8, 4) is 17.2 Å². The second-order valence-electron chi connectivity index (χ2n) is 11.6. The van der Waals surface area contributed by atoms with Crippen LogP contribution in [0.5, 0.6) is 17.2 Å². The van der Waals surface area contributed by atoms with Gasteiger partial charge in [-0.15, -0.1) is 0 Å². The van der Waals surface area contributed by atoms with E-state index in [1.54, 1.807) is 29.6 Å². The highest BCUT2D eigenvalue weighted by atomic mass is 127. The standard InChI is InChI=1S/C29H27F3I4N7O11P/c30-29(31,32)28(48)42-17(5-11-3-15(35)23(16(36)4-11)53-12-6-13(33)20(44)14(34)7-12)26(47)38-2-1-37-24-19-25(40-9-39-24)43(10-41-19)27-22(46)21(45)18(54-27)8-52-55(49,50)51/h3-4,6-7,9-10,17-18,21-22,27,44-46H,1-2,5,8H2,(H,38,47)(H,42,48)(H,37,39,40)(H2,49,50,51)/t17-,18+,21+,22+,27+/m0/s1. The molecule has 0 radical (unpaired) electrons. The Kier molecular flexibility index (Phi) is 14.7. The summed E-state index contributed by atoms with van der Waals surface area (Å²) in [5.74, 6) is -2.05. The van der Waals surface area contributed by atoms with E-state index in [9.17, 15) is 42.6 Å². The molecule has 0 spiro atoms. The lowest BCUT2D eigenvalue weighted by Gasteiger charge is -2.20. The van der Waals surface area contributed by atoms with Crippen molar-refractivity contribution in [3.05, 3.63) is 56.8 Å². The van der Waals surface area contributed by atoms with Gasteiger partial charge in [0.2, 0.25) is 5.91 Å². The summed E-state index contributed by atoms with van der Waals surface area (Å²) >= 11 is 7.90. The Balaban J connectivity index is 1.24. The fourth-order valence-corrected chi connectivity index (χ4v) is 9.33. The Hall–Kier alpha value is -1.97. The van der Waals surface area contributed by atoms with Gasteiger partial charge in [0.15, 0.2) is 29.0 Å².